The predicted octanol–water partition coefficient (Wildman–Crippen LogP) is 12.7. The molecular formula is C48H54N6O6. The van der Waals surface area contributed by atoms with Crippen molar-refractivity contribution in [1.82, 2.24) is 30.6 Å². The van der Waals surface area contributed by atoms with Crippen molar-refractivity contribution in [2.45, 2.75) is 97.8 Å². The first-order valence-electron chi connectivity index (χ1n) is 21.5. The van der Waals surface area contributed by atoms with Crippen LogP contribution in [0.2, 0.25) is 0 Å². The summed E-state index contributed by atoms with van der Waals surface area (Å²) in [5, 5.41) is 26.4. The van der Waals surface area contributed by atoms with Crippen LogP contribution >= 0.6 is 0 Å². The van der Waals surface area contributed by atoms with Crippen LogP contribution in [0.5, 0.6) is 17.2 Å². The number of unbranched alkanes of at least 4 members (excludes halogenated alkanes) is 9. The first-order chi connectivity index (χ1) is 29.6. The van der Waals surface area contributed by atoms with Gasteiger partial charge in [-0.15, -0.1) is 30.6 Å². The normalized spacial score (nSPS) is 11.2. The van der Waals surface area contributed by atoms with Crippen molar-refractivity contribution in [3.8, 4) is 86.0 Å². The van der Waals surface area contributed by atoms with Crippen LogP contribution in [0.25, 0.3) is 68.7 Å². The average Bonchev–Trinajstić information content (AvgIpc) is 4.10. The van der Waals surface area contributed by atoms with E-state index < -0.39 is 0 Å². The van der Waals surface area contributed by atoms with Crippen LogP contribution in [-0.2, 0) is 0 Å². The van der Waals surface area contributed by atoms with E-state index in [1.807, 2.05) is 91.0 Å². The SMILES string of the molecule is CCCCCCOc1ccc(-c2nnc(-c3cc(-c4nnc(-c5ccc(OCCCCCC)cc5)o4)cc(-c4nnc(-c5ccc(OCCCCCC)cc5)o4)c3)o2)cc1. The van der Waals surface area contributed by atoms with Crippen molar-refractivity contribution in [3.63, 3.8) is 0 Å². The molecule has 312 valence electrons. The molecule has 0 aliphatic rings. The molecule has 3 heterocycles. The third kappa shape index (κ3) is 11.5. The highest BCUT2D eigenvalue weighted by Crippen LogP contribution is 2.35. The molecule has 0 atom stereocenters. The highest BCUT2D eigenvalue weighted by atomic mass is 16.5. The van der Waals surface area contributed by atoms with E-state index in [1.54, 1.807) is 0 Å². The maximum Gasteiger partial charge on any atom is 0.248 e. The second-order valence-corrected chi connectivity index (χ2v) is 14.8. The molecule has 7 rings (SSSR count). The standard InChI is InChI=1S/C48H54N6O6/c1-4-7-10-13-28-55-40-22-16-34(17-23-40)43-49-52-46(58-43)37-31-38(47-53-50-44(59-47)35-18-24-41(25-19-35)56-29-14-11-8-5-2)33-39(32-37)48-54-51-45(60-48)36-20-26-42(27-21-36)57-30-15-12-9-6-3/h16-27,31-33H,4-15,28-30H2,1-3H3. The molecule has 0 aliphatic carbocycles. The molecule has 4 aromatic carbocycles. The number of hydrogen-bond acceptors (Lipinski definition) is 12. The summed E-state index contributed by atoms with van der Waals surface area (Å²) in [6.45, 7) is 8.66. The van der Waals surface area contributed by atoms with E-state index in [1.165, 1.54) is 38.5 Å². The Morgan fingerprint density at radius 1 is 0.317 bits per heavy atom. The maximum absolute atomic E-state index is 6.25. The molecule has 0 N–H and O–H groups in total. The highest BCUT2D eigenvalue weighted by Gasteiger charge is 2.20. The summed E-state index contributed by atoms with van der Waals surface area (Å²) in [5.41, 5.74) is 4.13. The molecule has 60 heavy (non-hydrogen) atoms. The van der Waals surface area contributed by atoms with E-state index in [2.05, 4.69) is 51.4 Å². The lowest BCUT2D eigenvalue weighted by atomic mass is 10.1. The van der Waals surface area contributed by atoms with E-state index in [0.29, 0.717) is 71.9 Å². The van der Waals surface area contributed by atoms with E-state index in [4.69, 9.17) is 27.5 Å². The molecule has 7 aromatic rings. The van der Waals surface area contributed by atoms with E-state index in [0.717, 1.165) is 72.5 Å². The second-order valence-electron chi connectivity index (χ2n) is 14.8. The fourth-order valence-corrected chi connectivity index (χ4v) is 6.61. The molecule has 0 unspecified atom stereocenters. The maximum atomic E-state index is 6.25. The van der Waals surface area contributed by atoms with Gasteiger partial charge in [-0.3, -0.25) is 0 Å². The Bertz CT molecular complexity index is 2060. The van der Waals surface area contributed by atoms with E-state index >= 15 is 0 Å². The second kappa shape index (κ2) is 21.6. The largest absolute Gasteiger partial charge is 0.494 e. The number of hydrogen-bond donors (Lipinski definition) is 0. The lowest BCUT2D eigenvalue weighted by Crippen LogP contribution is -1.96. The Balaban J connectivity index is 1.12. The van der Waals surface area contributed by atoms with Crippen LogP contribution in [0, 0.1) is 0 Å². The summed E-state index contributed by atoms with van der Waals surface area (Å²) in [7, 11) is 0. The molecule has 0 bridgehead atoms. The van der Waals surface area contributed by atoms with Crippen LogP contribution in [-0.4, -0.2) is 50.4 Å². The molecule has 12 heteroatoms. The van der Waals surface area contributed by atoms with Crippen molar-refractivity contribution < 1.29 is 27.5 Å². The van der Waals surface area contributed by atoms with Gasteiger partial charge >= 0.3 is 0 Å². The third-order valence-electron chi connectivity index (χ3n) is 10.1. The zero-order chi connectivity index (χ0) is 41.4. The van der Waals surface area contributed by atoms with Gasteiger partial charge in [-0.25, -0.2) is 0 Å². The number of rotatable bonds is 24. The quantitative estimate of drug-likeness (QED) is 0.0535. The Morgan fingerprint density at radius 2 is 0.567 bits per heavy atom. The highest BCUT2D eigenvalue weighted by molar-refractivity contribution is 5.74. The minimum absolute atomic E-state index is 0.291. The van der Waals surface area contributed by atoms with Crippen molar-refractivity contribution in [2.24, 2.45) is 0 Å². The first kappa shape index (κ1) is 41.8. The summed E-state index contributed by atoms with van der Waals surface area (Å²) >= 11 is 0. The third-order valence-corrected chi connectivity index (χ3v) is 10.1. The van der Waals surface area contributed by atoms with Gasteiger partial charge < -0.3 is 27.5 Å². The Hall–Kier alpha value is -6.30. The summed E-state index contributed by atoms with van der Waals surface area (Å²) in [5.74, 6) is 4.38. The molecule has 0 saturated carbocycles. The van der Waals surface area contributed by atoms with E-state index in [9.17, 15) is 0 Å². The fourth-order valence-electron chi connectivity index (χ4n) is 6.61. The number of ether oxygens (including phenoxy) is 3. The van der Waals surface area contributed by atoms with Gasteiger partial charge in [0.2, 0.25) is 35.3 Å². The van der Waals surface area contributed by atoms with Gasteiger partial charge in [0.05, 0.1) is 19.8 Å². The van der Waals surface area contributed by atoms with Gasteiger partial charge in [0.25, 0.3) is 0 Å². The average molecular weight is 811 g/mol. The monoisotopic (exact) mass is 810 g/mol. The van der Waals surface area contributed by atoms with Crippen LogP contribution in [0.15, 0.2) is 104 Å². The van der Waals surface area contributed by atoms with Gasteiger partial charge in [0, 0.05) is 33.4 Å². The van der Waals surface area contributed by atoms with Gasteiger partial charge in [-0.05, 0) is 110 Å². The molecule has 3 aromatic heterocycles. The minimum Gasteiger partial charge on any atom is -0.494 e. The lowest BCUT2D eigenvalue weighted by Gasteiger charge is -2.06. The van der Waals surface area contributed by atoms with Crippen LogP contribution in [0.1, 0.15) is 97.8 Å². The van der Waals surface area contributed by atoms with Crippen molar-refractivity contribution >= 4 is 0 Å². The summed E-state index contributed by atoms with van der Waals surface area (Å²) in [6.07, 6.45) is 13.8. The lowest BCUT2D eigenvalue weighted by molar-refractivity contribution is 0.305. The summed E-state index contributed by atoms with van der Waals surface area (Å²) in [4.78, 5) is 0. The van der Waals surface area contributed by atoms with Crippen molar-refractivity contribution in [3.05, 3.63) is 91.0 Å². The van der Waals surface area contributed by atoms with Gasteiger partial charge in [-0.1, -0.05) is 78.6 Å². The smallest absolute Gasteiger partial charge is 0.248 e. The van der Waals surface area contributed by atoms with E-state index in [-0.39, 0.29) is 0 Å². The summed E-state index contributed by atoms with van der Waals surface area (Å²) < 4.78 is 36.5. The zero-order valence-electron chi connectivity index (χ0n) is 34.9. The molecular weight excluding hydrogens is 757 g/mol. The van der Waals surface area contributed by atoms with Crippen LogP contribution in [0.4, 0.5) is 0 Å². The molecule has 0 saturated heterocycles. The van der Waals surface area contributed by atoms with Crippen LogP contribution < -0.4 is 14.2 Å². The molecule has 0 spiro atoms. The Labute approximate surface area is 351 Å². The van der Waals surface area contributed by atoms with Crippen LogP contribution in [0.3, 0.4) is 0 Å². The topological polar surface area (TPSA) is 144 Å². The molecule has 12 nitrogen and oxygen atoms in total. The predicted molar refractivity (Wildman–Crippen MR) is 232 cm³/mol. The van der Waals surface area contributed by atoms with Crippen molar-refractivity contribution in [2.75, 3.05) is 19.8 Å². The van der Waals surface area contributed by atoms with Crippen molar-refractivity contribution in [1.29, 1.82) is 0 Å². The Morgan fingerprint density at radius 3 is 0.817 bits per heavy atom. The molecule has 0 amide bonds. The zero-order valence-corrected chi connectivity index (χ0v) is 34.9. The van der Waals surface area contributed by atoms with Gasteiger partial charge in [0.15, 0.2) is 0 Å². The number of benzene rings is 4. The molecule has 0 fully saturated rings. The summed E-state index contributed by atoms with van der Waals surface area (Å²) in [6, 6.07) is 28.6. The minimum atomic E-state index is 0.291. The molecule has 0 aliphatic heterocycles. The van der Waals surface area contributed by atoms with Gasteiger partial charge in [-0.2, -0.15) is 0 Å². The first-order valence-corrected chi connectivity index (χ1v) is 21.5. The number of aromatic nitrogens is 6. The number of nitrogens with zero attached hydrogens (tertiary/aromatic N) is 6. The Kier molecular flexibility index (Phi) is 15.1. The molecule has 0 radical (unpaired) electrons. The van der Waals surface area contributed by atoms with Gasteiger partial charge in [0.1, 0.15) is 17.2 Å². The fraction of sp³-hybridized carbons (Fsp3) is 0.375.